The molecule has 0 heterocycles. The van der Waals surface area contributed by atoms with Crippen molar-refractivity contribution in [3.8, 4) is 0 Å². The van der Waals surface area contributed by atoms with Gasteiger partial charge in [-0.25, -0.2) is 0 Å². The molecular weight excluding hydrogens is 189 g/mol. The minimum absolute atomic E-state index is 0. The zero-order valence-corrected chi connectivity index (χ0v) is 5.92. The Morgan fingerprint density at radius 3 is 1.91 bits per heavy atom. The summed E-state index contributed by atoms with van der Waals surface area (Å²) in [4.78, 5) is 0. The van der Waals surface area contributed by atoms with Gasteiger partial charge in [-0.05, 0) is 17.6 Å². The van der Waals surface area contributed by atoms with Crippen molar-refractivity contribution in [2.24, 2.45) is 0 Å². The average Bonchev–Trinajstić information content (AvgIpc) is 1.88. The Labute approximate surface area is 113 Å². The van der Waals surface area contributed by atoms with E-state index in [1.165, 1.54) is 0 Å². The molecule has 54 valence electrons. The van der Waals surface area contributed by atoms with Gasteiger partial charge in [-0.15, -0.1) is 0 Å². The van der Waals surface area contributed by atoms with Crippen LogP contribution in [0.25, 0.3) is 0 Å². The molecule has 0 radical (unpaired) electrons. The standard InChI is InChI=1S/C6H6BClO2.K.H/c8-6-3-1-5(2-4-6)7(9)10;;/h1-4,9-10H;;. The molecule has 5 heteroatoms. The normalized spacial score (nSPS) is 8.64. The molecule has 1 aromatic rings. The van der Waals surface area contributed by atoms with Gasteiger partial charge in [-0.1, -0.05) is 23.7 Å². The number of rotatable bonds is 1. The van der Waals surface area contributed by atoms with Crippen LogP contribution < -0.4 is 5.46 Å². The van der Waals surface area contributed by atoms with Crippen LogP contribution in [0.3, 0.4) is 0 Å². The summed E-state index contributed by atoms with van der Waals surface area (Å²) in [7, 11) is -1.41. The van der Waals surface area contributed by atoms with Crippen molar-refractivity contribution in [1.29, 1.82) is 0 Å². The number of hydrogen-bond donors (Lipinski definition) is 2. The first-order valence-electron chi connectivity index (χ1n) is 2.82. The van der Waals surface area contributed by atoms with Crippen LogP contribution in [0, 0.1) is 0 Å². The van der Waals surface area contributed by atoms with Crippen LogP contribution in [0.4, 0.5) is 0 Å². The van der Waals surface area contributed by atoms with E-state index in [-0.39, 0.29) is 51.4 Å². The molecule has 0 amide bonds. The Kier molecular flexibility index (Phi) is 6.31. The van der Waals surface area contributed by atoms with E-state index < -0.39 is 7.12 Å². The molecule has 0 atom stereocenters. The molecule has 0 bridgehead atoms. The molecular formula is C6H7BClKO2. The van der Waals surface area contributed by atoms with Crippen LogP contribution in [0.5, 0.6) is 0 Å². The molecule has 1 rings (SSSR count). The van der Waals surface area contributed by atoms with E-state index in [0.29, 0.717) is 10.5 Å². The van der Waals surface area contributed by atoms with Crippen molar-refractivity contribution in [3.63, 3.8) is 0 Å². The summed E-state index contributed by atoms with van der Waals surface area (Å²) < 4.78 is 0. The van der Waals surface area contributed by atoms with E-state index in [1.807, 2.05) is 0 Å². The fourth-order valence-corrected chi connectivity index (χ4v) is 0.761. The van der Waals surface area contributed by atoms with E-state index in [2.05, 4.69) is 0 Å². The SMILES string of the molecule is OB(O)c1ccc(Cl)cc1.[KH]. The van der Waals surface area contributed by atoms with Crippen molar-refractivity contribution >= 4 is 75.6 Å². The summed E-state index contributed by atoms with van der Waals surface area (Å²) in [5.41, 5.74) is 0.449. The molecule has 2 N–H and O–H groups in total. The molecule has 0 aliphatic heterocycles. The van der Waals surface area contributed by atoms with Gasteiger partial charge < -0.3 is 10.0 Å². The van der Waals surface area contributed by atoms with Crippen molar-refractivity contribution in [2.75, 3.05) is 0 Å². The molecule has 0 spiro atoms. The number of hydrogen-bond acceptors (Lipinski definition) is 2. The van der Waals surface area contributed by atoms with E-state index in [4.69, 9.17) is 21.6 Å². The van der Waals surface area contributed by atoms with E-state index in [0.717, 1.165) is 0 Å². The summed E-state index contributed by atoms with van der Waals surface area (Å²) in [6.45, 7) is 0. The summed E-state index contributed by atoms with van der Waals surface area (Å²) in [6.07, 6.45) is 0. The van der Waals surface area contributed by atoms with Crippen LogP contribution >= 0.6 is 11.6 Å². The van der Waals surface area contributed by atoms with Gasteiger partial charge in [0.2, 0.25) is 0 Å². The Balaban J connectivity index is 0.000001000. The van der Waals surface area contributed by atoms with Crippen LogP contribution in [0.2, 0.25) is 5.02 Å². The maximum atomic E-state index is 8.63. The molecule has 0 aromatic heterocycles. The number of benzene rings is 1. The average molecular weight is 196 g/mol. The third kappa shape index (κ3) is 4.05. The molecule has 0 unspecified atom stereocenters. The first-order chi connectivity index (χ1) is 4.70. The molecule has 0 aliphatic rings. The van der Waals surface area contributed by atoms with Gasteiger partial charge >= 0.3 is 58.5 Å². The molecule has 0 aliphatic carbocycles. The fourth-order valence-electron chi connectivity index (χ4n) is 0.635. The predicted molar refractivity (Wildman–Crippen MR) is 48.4 cm³/mol. The summed E-state index contributed by atoms with van der Waals surface area (Å²) in [5.74, 6) is 0. The van der Waals surface area contributed by atoms with Gasteiger partial charge in [0.1, 0.15) is 0 Å². The first-order valence-corrected chi connectivity index (χ1v) is 3.19. The zero-order valence-electron chi connectivity index (χ0n) is 5.16. The van der Waals surface area contributed by atoms with Gasteiger partial charge in [0.15, 0.2) is 0 Å². The number of halogens is 1. The monoisotopic (exact) mass is 196 g/mol. The molecule has 11 heavy (non-hydrogen) atoms. The molecule has 1 aromatic carbocycles. The van der Waals surface area contributed by atoms with Gasteiger partial charge in [0, 0.05) is 5.02 Å². The van der Waals surface area contributed by atoms with Gasteiger partial charge in [-0.3, -0.25) is 0 Å². The topological polar surface area (TPSA) is 40.5 Å². The van der Waals surface area contributed by atoms with Gasteiger partial charge in [0.25, 0.3) is 0 Å². The minimum atomic E-state index is -1.41. The molecule has 0 saturated heterocycles. The Hall–Kier alpha value is 1.13. The molecule has 0 fully saturated rings. The van der Waals surface area contributed by atoms with Crippen LogP contribution in [0.15, 0.2) is 24.3 Å². The first kappa shape index (κ1) is 12.1. The molecule has 2 nitrogen and oxygen atoms in total. The quantitative estimate of drug-likeness (QED) is 0.588. The second-order valence-corrected chi connectivity index (χ2v) is 2.36. The van der Waals surface area contributed by atoms with Crippen molar-refractivity contribution < 1.29 is 10.0 Å². The van der Waals surface area contributed by atoms with Crippen molar-refractivity contribution in [3.05, 3.63) is 29.3 Å². The Morgan fingerprint density at radius 2 is 1.55 bits per heavy atom. The summed E-state index contributed by atoms with van der Waals surface area (Å²) in [5, 5.41) is 17.8. The van der Waals surface area contributed by atoms with Crippen LogP contribution in [-0.4, -0.2) is 68.6 Å². The van der Waals surface area contributed by atoms with E-state index >= 15 is 0 Å². The van der Waals surface area contributed by atoms with E-state index in [9.17, 15) is 0 Å². The summed E-state index contributed by atoms with van der Waals surface area (Å²) >= 11 is 5.55. The Bertz CT molecular complexity index is 214. The second-order valence-electron chi connectivity index (χ2n) is 1.93. The van der Waals surface area contributed by atoms with Gasteiger partial charge in [-0.2, -0.15) is 0 Å². The third-order valence-electron chi connectivity index (χ3n) is 1.17. The van der Waals surface area contributed by atoms with Crippen LogP contribution in [-0.2, 0) is 0 Å². The Morgan fingerprint density at radius 1 is 1.09 bits per heavy atom. The van der Waals surface area contributed by atoms with Gasteiger partial charge in [0.05, 0.1) is 0 Å². The second kappa shape index (κ2) is 5.72. The summed E-state index contributed by atoms with van der Waals surface area (Å²) in [6, 6.07) is 6.34. The van der Waals surface area contributed by atoms with Crippen molar-refractivity contribution in [2.45, 2.75) is 0 Å². The fraction of sp³-hybridized carbons (Fsp3) is 0. The maximum absolute atomic E-state index is 8.63. The predicted octanol–water partition coefficient (Wildman–Crippen LogP) is -0.629. The van der Waals surface area contributed by atoms with Crippen molar-refractivity contribution in [1.82, 2.24) is 0 Å². The zero-order chi connectivity index (χ0) is 7.56. The van der Waals surface area contributed by atoms with E-state index in [1.54, 1.807) is 24.3 Å². The molecule has 0 saturated carbocycles. The third-order valence-corrected chi connectivity index (χ3v) is 1.42. The van der Waals surface area contributed by atoms with Crippen LogP contribution in [0.1, 0.15) is 0 Å².